The molecule has 0 aromatic heterocycles. The van der Waals surface area contributed by atoms with Crippen LogP contribution in [0.25, 0.3) is 0 Å². The number of ether oxygens (including phenoxy) is 1. The van der Waals surface area contributed by atoms with E-state index in [2.05, 4.69) is 31.0 Å². The Bertz CT molecular complexity index is 1050. The van der Waals surface area contributed by atoms with Gasteiger partial charge in [0.05, 0.1) is 18.6 Å². The molecule has 1 aliphatic carbocycles. The van der Waals surface area contributed by atoms with Crippen LogP contribution in [0.15, 0.2) is 29.3 Å². The van der Waals surface area contributed by atoms with E-state index < -0.39 is 47.4 Å². The van der Waals surface area contributed by atoms with Gasteiger partial charge >= 0.3 is 6.09 Å². The molecule has 1 aromatic carbocycles. The van der Waals surface area contributed by atoms with Gasteiger partial charge in [0.2, 0.25) is 17.7 Å². The van der Waals surface area contributed by atoms with Crippen molar-refractivity contribution in [3.05, 3.63) is 34.4 Å². The Balaban J connectivity index is 2.00. The smallest absolute Gasteiger partial charge is 0.407 e. The number of carbonyl (C=O) groups is 4. The molecule has 220 valence electrons. The third kappa shape index (κ3) is 11.5. The van der Waals surface area contributed by atoms with Gasteiger partial charge in [0.25, 0.3) is 5.69 Å². The largest absolute Gasteiger partial charge is 0.453 e. The first-order chi connectivity index (χ1) is 19.1. The molecule has 15 heteroatoms. The van der Waals surface area contributed by atoms with E-state index in [1.54, 1.807) is 0 Å². The van der Waals surface area contributed by atoms with Crippen LogP contribution in [0.2, 0.25) is 0 Å². The van der Waals surface area contributed by atoms with E-state index in [1.807, 2.05) is 0 Å². The fraction of sp³-hybridized carbons (Fsp3) is 0.560. The highest BCUT2D eigenvalue weighted by atomic mass is 16.6. The summed E-state index contributed by atoms with van der Waals surface area (Å²) in [6, 6.07) is 3.34. The van der Waals surface area contributed by atoms with Crippen LogP contribution in [-0.2, 0) is 19.1 Å². The van der Waals surface area contributed by atoms with Crippen molar-refractivity contribution in [1.29, 1.82) is 0 Å². The van der Waals surface area contributed by atoms with Crippen molar-refractivity contribution in [3.8, 4) is 0 Å². The van der Waals surface area contributed by atoms with E-state index in [9.17, 15) is 29.3 Å². The number of guanidine groups is 1. The van der Waals surface area contributed by atoms with Crippen LogP contribution in [0.5, 0.6) is 0 Å². The van der Waals surface area contributed by atoms with Gasteiger partial charge in [-0.1, -0.05) is 32.1 Å². The van der Waals surface area contributed by atoms with E-state index in [0.717, 1.165) is 32.1 Å². The SMILES string of the molecule is COC(=O)NC(CC1CCCCC1)C(=O)NCC(=O)NC(CCCN=C(N)N)C(=O)Nc1ccc([N+](=O)[O-])cc1. The van der Waals surface area contributed by atoms with E-state index >= 15 is 0 Å². The average molecular weight is 563 g/mol. The van der Waals surface area contributed by atoms with Gasteiger partial charge in [-0.05, 0) is 37.3 Å². The summed E-state index contributed by atoms with van der Waals surface area (Å²) < 4.78 is 4.64. The van der Waals surface area contributed by atoms with Gasteiger partial charge < -0.3 is 37.5 Å². The number of alkyl carbamates (subject to hydrolysis) is 1. The number of methoxy groups -OCH3 is 1. The minimum atomic E-state index is -1.01. The summed E-state index contributed by atoms with van der Waals surface area (Å²) in [7, 11) is 1.20. The monoisotopic (exact) mass is 562 g/mol. The molecule has 0 heterocycles. The molecule has 0 bridgehead atoms. The number of nitro groups is 1. The van der Waals surface area contributed by atoms with Crippen LogP contribution in [0.3, 0.4) is 0 Å². The zero-order chi connectivity index (χ0) is 29.5. The molecule has 8 N–H and O–H groups in total. The number of anilines is 1. The van der Waals surface area contributed by atoms with Crippen molar-refractivity contribution < 1.29 is 28.8 Å². The predicted molar refractivity (Wildman–Crippen MR) is 147 cm³/mol. The van der Waals surface area contributed by atoms with E-state index in [4.69, 9.17) is 11.5 Å². The van der Waals surface area contributed by atoms with Crippen molar-refractivity contribution in [2.45, 2.75) is 63.5 Å². The van der Waals surface area contributed by atoms with Gasteiger partial charge in [-0.25, -0.2) is 4.79 Å². The second-order valence-electron chi connectivity index (χ2n) is 9.51. The number of aliphatic imine (C=N–C) groups is 1. The highest BCUT2D eigenvalue weighted by Gasteiger charge is 2.27. The van der Waals surface area contributed by atoms with Gasteiger partial charge in [-0.3, -0.25) is 29.5 Å². The van der Waals surface area contributed by atoms with E-state index in [1.165, 1.54) is 31.4 Å². The number of rotatable bonds is 14. The lowest BCUT2D eigenvalue weighted by Gasteiger charge is -2.26. The van der Waals surface area contributed by atoms with Gasteiger partial charge in [0.15, 0.2) is 5.96 Å². The molecule has 1 fully saturated rings. The molecule has 0 saturated heterocycles. The number of hydrogen-bond donors (Lipinski definition) is 6. The summed E-state index contributed by atoms with van der Waals surface area (Å²) in [6.07, 6.45) is 5.38. The number of nitrogens with one attached hydrogen (secondary N) is 4. The number of nitrogens with zero attached hydrogens (tertiary/aromatic N) is 2. The van der Waals surface area contributed by atoms with Crippen LogP contribution in [0.1, 0.15) is 51.4 Å². The Hall–Kier alpha value is -4.43. The summed E-state index contributed by atoms with van der Waals surface area (Å²) in [5.41, 5.74) is 10.8. The number of benzene rings is 1. The Morgan fingerprint density at radius 3 is 2.33 bits per heavy atom. The topological polar surface area (TPSA) is 233 Å². The fourth-order valence-corrected chi connectivity index (χ4v) is 4.39. The maximum Gasteiger partial charge on any atom is 0.407 e. The summed E-state index contributed by atoms with van der Waals surface area (Å²) in [6.45, 7) is -0.212. The molecule has 40 heavy (non-hydrogen) atoms. The van der Waals surface area contributed by atoms with Crippen LogP contribution in [0, 0.1) is 16.0 Å². The van der Waals surface area contributed by atoms with Crippen molar-refractivity contribution in [2.75, 3.05) is 25.5 Å². The maximum atomic E-state index is 12.9. The van der Waals surface area contributed by atoms with Crippen molar-refractivity contribution in [3.63, 3.8) is 0 Å². The number of nitro benzene ring substituents is 1. The van der Waals surface area contributed by atoms with Crippen LogP contribution < -0.4 is 32.7 Å². The molecule has 1 aromatic rings. The minimum absolute atomic E-state index is 0.109. The number of hydrogen-bond acceptors (Lipinski definition) is 8. The normalized spacial score (nSPS) is 14.6. The summed E-state index contributed by atoms with van der Waals surface area (Å²) in [4.78, 5) is 64.5. The average Bonchev–Trinajstić information content (AvgIpc) is 2.93. The second-order valence-corrected chi connectivity index (χ2v) is 9.51. The molecule has 0 radical (unpaired) electrons. The van der Waals surface area contributed by atoms with Gasteiger partial charge in [0.1, 0.15) is 12.1 Å². The molecule has 1 aliphatic rings. The zero-order valence-electron chi connectivity index (χ0n) is 22.5. The van der Waals surface area contributed by atoms with E-state index in [0.29, 0.717) is 18.5 Å². The molecule has 2 atom stereocenters. The molecule has 15 nitrogen and oxygen atoms in total. The van der Waals surface area contributed by atoms with Crippen LogP contribution in [-0.4, -0.2) is 67.0 Å². The molecule has 2 unspecified atom stereocenters. The molecule has 4 amide bonds. The lowest BCUT2D eigenvalue weighted by Crippen LogP contribution is -2.51. The van der Waals surface area contributed by atoms with Gasteiger partial charge in [-0.15, -0.1) is 0 Å². The van der Waals surface area contributed by atoms with Crippen LogP contribution in [0.4, 0.5) is 16.2 Å². The Labute approximate surface area is 232 Å². The zero-order valence-corrected chi connectivity index (χ0v) is 22.5. The molecule has 1 saturated carbocycles. The summed E-state index contributed by atoms with van der Waals surface area (Å²) in [5, 5.41) is 21.1. The molecule has 0 spiro atoms. The quantitative estimate of drug-likeness (QED) is 0.0620. The van der Waals surface area contributed by atoms with Crippen molar-refractivity contribution in [2.24, 2.45) is 22.4 Å². The number of carbonyl (C=O) groups excluding carboxylic acids is 4. The summed E-state index contributed by atoms with van der Waals surface area (Å²) in [5.74, 6) is -1.57. The Morgan fingerprint density at radius 1 is 1.05 bits per heavy atom. The number of nitrogens with two attached hydrogens (primary N) is 2. The number of amides is 4. The highest BCUT2D eigenvalue weighted by Crippen LogP contribution is 2.27. The predicted octanol–water partition coefficient (Wildman–Crippen LogP) is 0.883. The number of non-ortho nitro benzene ring substituents is 1. The Morgan fingerprint density at radius 2 is 1.73 bits per heavy atom. The van der Waals surface area contributed by atoms with E-state index in [-0.39, 0.29) is 30.5 Å². The first-order valence-electron chi connectivity index (χ1n) is 13.1. The van der Waals surface area contributed by atoms with Gasteiger partial charge in [-0.2, -0.15) is 0 Å². The standard InChI is InChI=1S/C25H38N8O7/c1-40-25(37)32-20(14-16-6-3-2-4-7-16)22(35)29-15-21(34)31-19(8-5-13-28-24(26)27)23(36)30-17-9-11-18(12-10-17)33(38)39/h9-12,16,19-20H,2-8,13-15H2,1H3,(H,29,35)(H,30,36)(H,31,34)(H,32,37)(H4,26,27,28). The third-order valence-corrected chi connectivity index (χ3v) is 6.45. The second kappa shape index (κ2) is 16.5. The highest BCUT2D eigenvalue weighted by molar-refractivity contribution is 5.98. The van der Waals surface area contributed by atoms with Gasteiger partial charge in [0, 0.05) is 24.4 Å². The summed E-state index contributed by atoms with van der Waals surface area (Å²) >= 11 is 0. The van der Waals surface area contributed by atoms with Crippen molar-refractivity contribution in [1.82, 2.24) is 16.0 Å². The lowest BCUT2D eigenvalue weighted by atomic mass is 9.84. The molecular weight excluding hydrogens is 524 g/mol. The molecule has 2 rings (SSSR count). The Kier molecular flexibility index (Phi) is 13.1. The minimum Gasteiger partial charge on any atom is -0.453 e. The first kappa shape index (κ1) is 31.8. The molecule has 0 aliphatic heterocycles. The third-order valence-electron chi connectivity index (χ3n) is 6.45. The first-order valence-corrected chi connectivity index (χ1v) is 13.1. The fourth-order valence-electron chi connectivity index (χ4n) is 4.39. The van der Waals surface area contributed by atoms with Crippen LogP contribution >= 0.6 is 0 Å². The maximum absolute atomic E-state index is 12.9. The van der Waals surface area contributed by atoms with Crippen molar-refractivity contribution >= 4 is 41.1 Å². The molecular formula is C25H38N8O7. The lowest BCUT2D eigenvalue weighted by molar-refractivity contribution is -0.384.